The molecule has 0 saturated heterocycles. The molecule has 0 heterocycles. The predicted molar refractivity (Wildman–Crippen MR) is 100 cm³/mol. The summed E-state index contributed by atoms with van der Waals surface area (Å²) in [6, 6.07) is 0. The molecule has 1 N–H and O–H groups in total. The van der Waals surface area contributed by atoms with Crippen molar-refractivity contribution in [1.82, 2.24) is 0 Å². The normalized spacial score (nSPS) is 39.6. The van der Waals surface area contributed by atoms with E-state index in [9.17, 15) is 31.2 Å². The van der Waals surface area contributed by atoms with Gasteiger partial charge in [-0.1, -0.05) is 6.58 Å². The Morgan fingerprint density at radius 3 is 2.16 bits per heavy atom. The zero-order chi connectivity index (χ0) is 23.0. The Labute approximate surface area is 178 Å². The van der Waals surface area contributed by atoms with E-state index >= 15 is 0 Å². The van der Waals surface area contributed by atoms with Gasteiger partial charge in [0.25, 0.3) is 10.1 Å². The summed E-state index contributed by atoms with van der Waals surface area (Å²) >= 11 is 0. The van der Waals surface area contributed by atoms with Crippen LogP contribution in [0.3, 0.4) is 0 Å². The highest BCUT2D eigenvalue weighted by atomic mass is 32.2. The average molecular weight is 466 g/mol. The van der Waals surface area contributed by atoms with Crippen molar-refractivity contribution in [3.8, 4) is 0 Å². The molecule has 0 aromatic rings. The summed E-state index contributed by atoms with van der Waals surface area (Å²) in [4.78, 5) is 25.3. The van der Waals surface area contributed by atoms with Crippen LogP contribution in [0.25, 0.3) is 0 Å². The van der Waals surface area contributed by atoms with Gasteiger partial charge in [0.2, 0.25) is 6.10 Å². The van der Waals surface area contributed by atoms with E-state index in [4.69, 9.17) is 14.0 Å². The van der Waals surface area contributed by atoms with Crippen molar-refractivity contribution in [3.05, 3.63) is 12.2 Å². The van der Waals surface area contributed by atoms with Crippen LogP contribution in [0, 0.1) is 23.2 Å². The van der Waals surface area contributed by atoms with Crippen LogP contribution in [-0.2, 0) is 29.2 Å². The van der Waals surface area contributed by atoms with E-state index in [0.29, 0.717) is 25.7 Å². The van der Waals surface area contributed by atoms with Gasteiger partial charge in [0, 0.05) is 17.9 Å². The summed E-state index contributed by atoms with van der Waals surface area (Å²) < 4.78 is 83.0. The van der Waals surface area contributed by atoms with Crippen LogP contribution in [0.2, 0.25) is 0 Å². The molecule has 7 nitrogen and oxygen atoms in total. The van der Waals surface area contributed by atoms with Gasteiger partial charge in [-0.2, -0.15) is 21.6 Å². The zero-order valence-electron chi connectivity index (χ0n) is 17.0. The Kier molecular flexibility index (Phi) is 5.05. The molecule has 11 heteroatoms. The van der Waals surface area contributed by atoms with Crippen molar-refractivity contribution in [1.29, 1.82) is 0 Å². The number of hydrogen-bond donors (Lipinski definition) is 1. The lowest BCUT2D eigenvalue weighted by molar-refractivity contribution is -0.244. The summed E-state index contributed by atoms with van der Waals surface area (Å²) in [7, 11) is -4.65. The second-order valence-corrected chi connectivity index (χ2v) is 11.6. The number of ether oxygens (including phenoxy) is 2. The fourth-order valence-electron chi connectivity index (χ4n) is 6.31. The van der Waals surface area contributed by atoms with Gasteiger partial charge >= 0.3 is 18.1 Å². The lowest BCUT2D eigenvalue weighted by atomic mass is 9.48. The number of halogens is 3. The first-order valence-electron chi connectivity index (χ1n) is 10.3. The summed E-state index contributed by atoms with van der Waals surface area (Å²) in [5, 5.41) is -1.59. The third-order valence-corrected chi connectivity index (χ3v) is 8.51. The molecule has 4 bridgehead atoms. The number of esters is 2. The van der Waals surface area contributed by atoms with Crippen molar-refractivity contribution >= 4 is 22.1 Å². The molecule has 5 fully saturated rings. The Bertz CT molecular complexity index is 912. The molecular weight excluding hydrogens is 441 g/mol. The molecule has 0 radical (unpaired) electrons. The maximum Gasteiger partial charge on any atom is 0.425 e. The molecule has 31 heavy (non-hydrogen) atoms. The zero-order valence-corrected chi connectivity index (χ0v) is 17.8. The largest absolute Gasteiger partial charge is 0.456 e. The highest BCUT2D eigenvalue weighted by Gasteiger charge is 2.66. The SMILES string of the molecule is C=C(C)C(=O)OC12CC3CC(C1)CC(C(=O)OC(C1CC1S(=O)(=O)O)C(F)(F)F)(C3)C2. The van der Waals surface area contributed by atoms with Crippen LogP contribution in [-0.4, -0.2) is 48.0 Å². The summed E-state index contributed by atoms with van der Waals surface area (Å²) in [5.74, 6) is -3.08. The first kappa shape index (κ1) is 22.6. The molecule has 0 spiro atoms. The lowest BCUT2D eigenvalue weighted by Crippen LogP contribution is -2.60. The first-order chi connectivity index (χ1) is 14.1. The summed E-state index contributed by atoms with van der Waals surface area (Å²) in [5.41, 5.74) is -1.93. The second-order valence-electron chi connectivity index (χ2n) is 9.91. The molecule has 5 saturated carbocycles. The van der Waals surface area contributed by atoms with Crippen LogP contribution in [0.15, 0.2) is 12.2 Å². The fourth-order valence-corrected chi connectivity index (χ4v) is 7.36. The van der Waals surface area contributed by atoms with Gasteiger partial charge in [-0.05, 0) is 57.3 Å². The van der Waals surface area contributed by atoms with Crippen LogP contribution in [0.5, 0.6) is 0 Å². The van der Waals surface area contributed by atoms with Gasteiger partial charge in [-0.15, -0.1) is 0 Å². The van der Waals surface area contributed by atoms with Gasteiger partial charge in [-0.3, -0.25) is 9.35 Å². The monoisotopic (exact) mass is 466 g/mol. The van der Waals surface area contributed by atoms with Gasteiger partial charge < -0.3 is 9.47 Å². The molecule has 0 aromatic carbocycles. The molecule has 5 unspecified atom stereocenters. The lowest BCUT2D eigenvalue weighted by Gasteiger charge is -2.59. The maximum atomic E-state index is 13.6. The Morgan fingerprint density at radius 2 is 1.71 bits per heavy atom. The minimum absolute atomic E-state index is 0.0301. The highest BCUT2D eigenvalue weighted by molar-refractivity contribution is 7.86. The Morgan fingerprint density at radius 1 is 1.13 bits per heavy atom. The minimum atomic E-state index is -4.97. The van der Waals surface area contributed by atoms with E-state index in [1.54, 1.807) is 0 Å². The number of carbonyl (C=O) groups is 2. The predicted octanol–water partition coefficient (Wildman–Crippen LogP) is 3.20. The van der Waals surface area contributed by atoms with E-state index in [1.165, 1.54) is 6.92 Å². The number of alkyl halides is 3. The summed E-state index contributed by atoms with van der Waals surface area (Å²) in [6.45, 7) is 5.07. The highest BCUT2D eigenvalue weighted by Crippen LogP contribution is 2.63. The van der Waals surface area contributed by atoms with Crippen molar-refractivity contribution in [2.45, 2.75) is 75.0 Å². The standard InChI is InChI=1S/C20H25F3O7S/c1-10(2)16(24)30-19-7-11-3-12(8-19)6-18(5-11,9-19)17(25)29-15(20(21,22)23)13-4-14(13)31(26,27)28/h11-15H,1,3-9H2,2H3,(H,26,27,28). The third kappa shape index (κ3) is 4.10. The molecular formula is C20H25F3O7S. The van der Waals surface area contributed by atoms with E-state index < -0.39 is 62.9 Å². The molecule has 5 atom stereocenters. The smallest absolute Gasteiger partial charge is 0.425 e. The van der Waals surface area contributed by atoms with Crippen LogP contribution < -0.4 is 0 Å². The van der Waals surface area contributed by atoms with E-state index in [-0.39, 0.29) is 23.8 Å². The van der Waals surface area contributed by atoms with Gasteiger partial charge in [0.1, 0.15) is 5.60 Å². The molecule has 5 aliphatic rings. The van der Waals surface area contributed by atoms with Crippen molar-refractivity contribution < 1.29 is 45.2 Å². The molecule has 5 aliphatic carbocycles. The molecule has 174 valence electrons. The van der Waals surface area contributed by atoms with Crippen LogP contribution in [0.4, 0.5) is 13.2 Å². The quantitative estimate of drug-likeness (QED) is 0.364. The molecule has 0 aliphatic heterocycles. The van der Waals surface area contributed by atoms with Crippen molar-refractivity contribution in [2.75, 3.05) is 0 Å². The van der Waals surface area contributed by atoms with Crippen molar-refractivity contribution in [2.24, 2.45) is 23.2 Å². The Hall–Kier alpha value is -1.62. The second kappa shape index (κ2) is 6.94. The molecule has 0 aromatic heterocycles. The number of hydrogen-bond acceptors (Lipinski definition) is 6. The summed E-state index contributed by atoms with van der Waals surface area (Å²) in [6.07, 6.45) is -5.28. The van der Waals surface area contributed by atoms with Gasteiger partial charge in [0.15, 0.2) is 0 Å². The van der Waals surface area contributed by atoms with E-state index in [0.717, 1.165) is 6.42 Å². The van der Waals surface area contributed by atoms with Crippen LogP contribution >= 0.6 is 0 Å². The average Bonchev–Trinajstić information content (AvgIpc) is 3.37. The third-order valence-electron chi connectivity index (χ3n) is 7.21. The first-order valence-corrected chi connectivity index (χ1v) is 11.8. The van der Waals surface area contributed by atoms with Gasteiger partial charge in [0.05, 0.1) is 10.7 Å². The Balaban J connectivity index is 1.56. The topological polar surface area (TPSA) is 107 Å². The van der Waals surface area contributed by atoms with E-state index in [2.05, 4.69) is 6.58 Å². The molecule has 0 amide bonds. The van der Waals surface area contributed by atoms with Crippen molar-refractivity contribution in [3.63, 3.8) is 0 Å². The van der Waals surface area contributed by atoms with Crippen LogP contribution in [0.1, 0.15) is 51.9 Å². The van der Waals surface area contributed by atoms with Gasteiger partial charge in [-0.25, -0.2) is 4.79 Å². The van der Waals surface area contributed by atoms with E-state index in [1.807, 2.05) is 0 Å². The number of rotatable bonds is 6. The number of carbonyl (C=O) groups excluding carboxylic acids is 2. The molecule has 5 rings (SSSR count). The fraction of sp³-hybridized carbons (Fsp3) is 0.800. The minimum Gasteiger partial charge on any atom is -0.456 e. The maximum absolute atomic E-state index is 13.6.